The van der Waals surface area contributed by atoms with Crippen molar-refractivity contribution in [3.8, 4) is 0 Å². The molecule has 0 aliphatic heterocycles. The molecule has 0 aliphatic carbocycles. The molecular weight excluding hydrogens is 255 g/mol. The molecule has 2 rings (SSSR count). The summed E-state index contributed by atoms with van der Waals surface area (Å²) < 4.78 is 13.9. The quantitative estimate of drug-likeness (QED) is 0.871. The average molecular weight is 272 g/mol. The Hall–Kier alpha value is -2.36. The molecule has 0 bridgehead atoms. The van der Waals surface area contributed by atoms with Crippen LogP contribution in [-0.2, 0) is 0 Å². The number of nitrogens with zero attached hydrogens (tertiary/aromatic N) is 1. The molecule has 0 aromatic heterocycles. The van der Waals surface area contributed by atoms with Gasteiger partial charge in [0.2, 0.25) is 0 Å². The Morgan fingerprint density at radius 3 is 2.55 bits per heavy atom. The Labute approximate surface area is 117 Å². The van der Waals surface area contributed by atoms with Crippen LogP contribution >= 0.6 is 0 Å². The smallest absolute Gasteiger partial charge is 0.261 e. The standard InChI is InChI=1S/C16H17FN2O/c1-3-19(15-7-5-4-6-14(15)18)16(20)12-9-8-11(2)10-13(12)17/h4-10H,3,18H2,1-2H3. The molecule has 0 spiro atoms. The Bertz CT molecular complexity index is 640. The highest BCUT2D eigenvalue weighted by Gasteiger charge is 2.20. The van der Waals surface area contributed by atoms with Crippen LogP contribution in [0.1, 0.15) is 22.8 Å². The van der Waals surface area contributed by atoms with Crippen molar-refractivity contribution in [2.45, 2.75) is 13.8 Å². The maximum atomic E-state index is 13.9. The molecule has 2 aromatic rings. The van der Waals surface area contributed by atoms with Gasteiger partial charge in [0.15, 0.2) is 0 Å². The second-order valence-corrected chi connectivity index (χ2v) is 4.59. The van der Waals surface area contributed by atoms with Gasteiger partial charge in [-0.1, -0.05) is 18.2 Å². The molecule has 0 fully saturated rings. The van der Waals surface area contributed by atoms with E-state index in [1.54, 1.807) is 37.3 Å². The van der Waals surface area contributed by atoms with Gasteiger partial charge in [0.25, 0.3) is 5.91 Å². The van der Waals surface area contributed by atoms with Crippen molar-refractivity contribution in [3.05, 3.63) is 59.4 Å². The third-order valence-corrected chi connectivity index (χ3v) is 3.14. The van der Waals surface area contributed by atoms with Crippen molar-refractivity contribution in [3.63, 3.8) is 0 Å². The lowest BCUT2D eigenvalue weighted by Gasteiger charge is -2.23. The first kappa shape index (κ1) is 14.1. The summed E-state index contributed by atoms with van der Waals surface area (Å²) in [6.07, 6.45) is 0. The number of carbonyl (C=O) groups excluding carboxylic acids is 1. The number of carbonyl (C=O) groups is 1. The Morgan fingerprint density at radius 2 is 1.95 bits per heavy atom. The van der Waals surface area contributed by atoms with E-state index < -0.39 is 5.82 Å². The number of rotatable bonds is 3. The Morgan fingerprint density at radius 1 is 1.25 bits per heavy atom. The highest BCUT2D eigenvalue weighted by Crippen LogP contribution is 2.24. The van der Waals surface area contributed by atoms with Crippen LogP contribution < -0.4 is 10.6 Å². The zero-order valence-corrected chi connectivity index (χ0v) is 11.6. The lowest BCUT2D eigenvalue weighted by molar-refractivity contribution is 0.0984. The predicted octanol–water partition coefficient (Wildman–Crippen LogP) is 3.38. The van der Waals surface area contributed by atoms with E-state index in [1.807, 2.05) is 6.92 Å². The SMILES string of the molecule is CCN(C(=O)c1ccc(C)cc1F)c1ccccc1N. The topological polar surface area (TPSA) is 46.3 Å². The first-order valence-electron chi connectivity index (χ1n) is 6.47. The molecule has 104 valence electrons. The van der Waals surface area contributed by atoms with E-state index in [9.17, 15) is 9.18 Å². The summed E-state index contributed by atoms with van der Waals surface area (Å²) in [7, 11) is 0. The highest BCUT2D eigenvalue weighted by atomic mass is 19.1. The molecule has 2 aromatic carbocycles. The normalized spacial score (nSPS) is 10.3. The van der Waals surface area contributed by atoms with Gasteiger partial charge in [0.1, 0.15) is 5.82 Å². The lowest BCUT2D eigenvalue weighted by atomic mass is 10.1. The minimum Gasteiger partial charge on any atom is -0.397 e. The summed E-state index contributed by atoms with van der Waals surface area (Å²) in [6, 6.07) is 11.7. The number of anilines is 2. The molecule has 20 heavy (non-hydrogen) atoms. The number of benzene rings is 2. The van der Waals surface area contributed by atoms with Crippen molar-refractivity contribution in [2.24, 2.45) is 0 Å². The van der Waals surface area contributed by atoms with Crippen molar-refractivity contribution in [1.29, 1.82) is 0 Å². The Balaban J connectivity index is 2.42. The van der Waals surface area contributed by atoms with E-state index in [0.717, 1.165) is 5.56 Å². The number of amides is 1. The molecule has 0 saturated carbocycles. The summed E-state index contributed by atoms with van der Waals surface area (Å²) in [4.78, 5) is 14.0. The molecule has 0 unspecified atom stereocenters. The molecule has 0 aliphatic rings. The number of para-hydroxylation sites is 2. The highest BCUT2D eigenvalue weighted by molar-refractivity contribution is 6.07. The fourth-order valence-electron chi connectivity index (χ4n) is 2.10. The van der Waals surface area contributed by atoms with E-state index in [4.69, 9.17) is 5.73 Å². The third kappa shape index (κ3) is 2.64. The van der Waals surface area contributed by atoms with E-state index in [0.29, 0.717) is 17.9 Å². The van der Waals surface area contributed by atoms with Crippen LogP contribution in [0, 0.1) is 12.7 Å². The fourth-order valence-corrected chi connectivity index (χ4v) is 2.10. The van der Waals surface area contributed by atoms with E-state index in [2.05, 4.69) is 0 Å². The lowest BCUT2D eigenvalue weighted by Crippen LogP contribution is -2.32. The van der Waals surface area contributed by atoms with Crippen LogP contribution in [0.15, 0.2) is 42.5 Å². The largest absolute Gasteiger partial charge is 0.397 e. The first-order chi connectivity index (χ1) is 9.54. The molecular formula is C16H17FN2O. The van der Waals surface area contributed by atoms with Crippen molar-refractivity contribution in [2.75, 3.05) is 17.2 Å². The van der Waals surface area contributed by atoms with Gasteiger partial charge in [-0.25, -0.2) is 4.39 Å². The van der Waals surface area contributed by atoms with Crippen LogP contribution in [0.4, 0.5) is 15.8 Å². The van der Waals surface area contributed by atoms with Gasteiger partial charge in [-0.15, -0.1) is 0 Å². The summed E-state index contributed by atoms with van der Waals surface area (Å²) in [5, 5.41) is 0. The number of hydrogen-bond donors (Lipinski definition) is 1. The van der Waals surface area contributed by atoms with Crippen molar-refractivity contribution < 1.29 is 9.18 Å². The summed E-state index contributed by atoms with van der Waals surface area (Å²) >= 11 is 0. The maximum absolute atomic E-state index is 13.9. The fraction of sp³-hybridized carbons (Fsp3) is 0.188. The first-order valence-corrected chi connectivity index (χ1v) is 6.47. The van der Waals surface area contributed by atoms with Crippen LogP contribution in [0.2, 0.25) is 0 Å². The monoisotopic (exact) mass is 272 g/mol. The molecule has 0 atom stereocenters. The number of halogens is 1. The van der Waals surface area contributed by atoms with Gasteiger partial charge in [-0.3, -0.25) is 4.79 Å². The minimum atomic E-state index is -0.511. The van der Waals surface area contributed by atoms with E-state index in [1.165, 1.54) is 17.0 Å². The van der Waals surface area contributed by atoms with Crippen LogP contribution in [0.3, 0.4) is 0 Å². The number of hydrogen-bond acceptors (Lipinski definition) is 2. The van der Waals surface area contributed by atoms with Gasteiger partial charge < -0.3 is 10.6 Å². The van der Waals surface area contributed by atoms with Gasteiger partial charge >= 0.3 is 0 Å². The summed E-state index contributed by atoms with van der Waals surface area (Å²) in [5.41, 5.74) is 7.82. The summed E-state index contributed by atoms with van der Waals surface area (Å²) in [6.45, 7) is 4.03. The molecule has 4 heteroatoms. The zero-order chi connectivity index (χ0) is 14.7. The number of nitrogens with two attached hydrogens (primary N) is 1. The van der Waals surface area contributed by atoms with Gasteiger partial charge in [0, 0.05) is 6.54 Å². The molecule has 1 amide bonds. The maximum Gasteiger partial charge on any atom is 0.261 e. The third-order valence-electron chi connectivity index (χ3n) is 3.14. The van der Waals surface area contributed by atoms with Gasteiger partial charge in [0.05, 0.1) is 16.9 Å². The number of aryl methyl sites for hydroxylation is 1. The van der Waals surface area contributed by atoms with Gasteiger partial charge in [-0.05, 0) is 43.7 Å². The van der Waals surface area contributed by atoms with Crippen LogP contribution in [0.5, 0.6) is 0 Å². The van der Waals surface area contributed by atoms with Gasteiger partial charge in [-0.2, -0.15) is 0 Å². The van der Waals surface area contributed by atoms with E-state index >= 15 is 0 Å². The second kappa shape index (κ2) is 5.74. The minimum absolute atomic E-state index is 0.0562. The molecule has 0 heterocycles. The second-order valence-electron chi connectivity index (χ2n) is 4.59. The molecule has 2 N–H and O–H groups in total. The number of nitrogen functional groups attached to an aromatic ring is 1. The zero-order valence-electron chi connectivity index (χ0n) is 11.6. The molecule has 3 nitrogen and oxygen atoms in total. The van der Waals surface area contributed by atoms with Crippen molar-refractivity contribution in [1.82, 2.24) is 0 Å². The summed E-state index contributed by atoms with van der Waals surface area (Å²) in [5.74, 6) is -0.897. The molecule has 0 saturated heterocycles. The van der Waals surface area contributed by atoms with E-state index in [-0.39, 0.29) is 11.5 Å². The van der Waals surface area contributed by atoms with Crippen molar-refractivity contribution >= 4 is 17.3 Å². The Kier molecular flexibility index (Phi) is 4.03. The van der Waals surface area contributed by atoms with Crippen LogP contribution in [-0.4, -0.2) is 12.5 Å². The predicted molar refractivity (Wildman–Crippen MR) is 79.3 cm³/mol. The average Bonchev–Trinajstić information content (AvgIpc) is 2.41. The van der Waals surface area contributed by atoms with Crippen LogP contribution in [0.25, 0.3) is 0 Å². The molecule has 0 radical (unpaired) electrons.